The summed E-state index contributed by atoms with van der Waals surface area (Å²) >= 11 is 6.00. The van der Waals surface area contributed by atoms with Gasteiger partial charge in [0.2, 0.25) is 0 Å². The van der Waals surface area contributed by atoms with Crippen LogP contribution in [0.15, 0.2) is 30.6 Å². The maximum atomic E-state index is 6.02. The Kier molecular flexibility index (Phi) is 3.25. The first kappa shape index (κ1) is 12.2. The van der Waals surface area contributed by atoms with Crippen molar-refractivity contribution in [2.45, 2.75) is 19.3 Å². The van der Waals surface area contributed by atoms with Crippen molar-refractivity contribution in [3.05, 3.63) is 41.3 Å². The summed E-state index contributed by atoms with van der Waals surface area (Å²) in [6.45, 7) is 0.897. The van der Waals surface area contributed by atoms with Crippen molar-refractivity contribution >= 4 is 28.8 Å². The van der Waals surface area contributed by atoms with Crippen molar-refractivity contribution in [2.24, 2.45) is 0 Å². The van der Waals surface area contributed by atoms with Crippen molar-refractivity contribution < 1.29 is 0 Å². The van der Waals surface area contributed by atoms with Crippen molar-refractivity contribution in [1.82, 2.24) is 9.97 Å². The summed E-state index contributed by atoms with van der Waals surface area (Å²) in [5, 5.41) is 0.312. The Morgan fingerprint density at radius 2 is 2.00 bits per heavy atom. The van der Waals surface area contributed by atoms with E-state index in [4.69, 9.17) is 17.3 Å². The summed E-state index contributed by atoms with van der Waals surface area (Å²) < 4.78 is 0. The molecule has 1 aliphatic heterocycles. The van der Waals surface area contributed by atoms with Crippen LogP contribution in [0.5, 0.6) is 0 Å². The van der Waals surface area contributed by atoms with Gasteiger partial charge in [-0.05, 0) is 30.9 Å². The molecule has 0 bridgehead atoms. The summed E-state index contributed by atoms with van der Waals surface area (Å²) in [7, 11) is 0. The molecular formula is C14H15ClN4. The summed E-state index contributed by atoms with van der Waals surface area (Å²) in [6.07, 6.45) is 4.83. The van der Waals surface area contributed by atoms with Crippen LogP contribution in [0, 0.1) is 0 Å². The van der Waals surface area contributed by atoms with Crippen LogP contribution in [-0.2, 0) is 6.42 Å². The van der Waals surface area contributed by atoms with E-state index in [0.717, 1.165) is 19.4 Å². The van der Waals surface area contributed by atoms with E-state index in [1.165, 1.54) is 24.0 Å². The molecule has 3 rings (SSSR count). The van der Waals surface area contributed by atoms with Gasteiger partial charge in [-0.15, -0.1) is 0 Å². The molecular weight excluding hydrogens is 260 g/mol. The molecule has 2 N–H and O–H groups in total. The first-order valence-corrected chi connectivity index (χ1v) is 6.76. The maximum absolute atomic E-state index is 6.02. The Morgan fingerprint density at radius 1 is 1.16 bits per heavy atom. The molecule has 98 valence electrons. The zero-order valence-electron chi connectivity index (χ0n) is 10.5. The highest BCUT2D eigenvalue weighted by Gasteiger charge is 2.20. The predicted octanol–water partition coefficient (Wildman–Crippen LogP) is 3.19. The SMILES string of the molecule is Nc1c(Cl)ncnc1N1CCCCc2ccccc21. The van der Waals surface area contributed by atoms with Crippen LogP contribution in [0.2, 0.25) is 5.15 Å². The average molecular weight is 275 g/mol. The number of aromatic nitrogens is 2. The Labute approximate surface area is 117 Å². The fourth-order valence-electron chi connectivity index (χ4n) is 2.49. The van der Waals surface area contributed by atoms with Crippen LogP contribution in [-0.4, -0.2) is 16.5 Å². The lowest BCUT2D eigenvalue weighted by molar-refractivity contribution is 0.757. The third-order valence-electron chi connectivity index (χ3n) is 3.43. The molecule has 4 nitrogen and oxygen atoms in total. The largest absolute Gasteiger partial charge is 0.393 e. The number of fused-ring (bicyclic) bond motifs is 1. The third-order valence-corrected chi connectivity index (χ3v) is 3.73. The summed E-state index contributed by atoms with van der Waals surface area (Å²) in [5.74, 6) is 0.703. The van der Waals surface area contributed by atoms with Gasteiger partial charge in [0.15, 0.2) is 11.0 Å². The highest BCUT2D eigenvalue weighted by Crippen LogP contribution is 2.35. The van der Waals surface area contributed by atoms with E-state index in [-0.39, 0.29) is 0 Å². The number of anilines is 3. The van der Waals surface area contributed by atoms with Crippen LogP contribution >= 0.6 is 11.6 Å². The molecule has 5 heteroatoms. The summed E-state index contributed by atoms with van der Waals surface area (Å²) in [6, 6.07) is 8.37. The molecule has 1 aromatic heterocycles. The molecule has 0 radical (unpaired) electrons. The number of aryl methyl sites for hydroxylation is 1. The van der Waals surface area contributed by atoms with Crippen LogP contribution in [0.4, 0.5) is 17.2 Å². The van der Waals surface area contributed by atoms with Crippen molar-refractivity contribution in [1.29, 1.82) is 0 Å². The third kappa shape index (κ3) is 2.24. The molecule has 1 aromatic carbocycles. The first-order chi connectivity index (χ1) is 9.27. The van der Waals surface area contributed by atoms with E-state index in [9.17, 15) is 0 Å². The van der Waals surface area contributed by atoms with Gasteiger partial charge in [0.1, 0.15) is 12.0 Å². The molecule has 0 spiro atoms. The molecule has 19 heavy (non-hydrogen) atoms. The Hall–Kier alpha value is -1.81. The molecule has 2 heterocycles. The number of hydrogen-bond acceptors (Lipinski definition) is 4. The van der Waals surface area contributed by atoms with Crippen molar-refractivity contribution in [2.75, 3.05) is 17.2 Å². The zero-order chi connectivity index (χ0) is 13.2. The smallest absolute Gasteiger partial charge is 0.161 e. The van der Waals surface area contributed by atoms with Crippen LogP contribution in [0.1, 0.15) is 18.4 Å². The van der Waals surface area contributed by atoms with Crippen molar-refractivity contribution in [3.63, 3.8) is 0 Å². The van der Waals surface area contributed by atoms with Gasteiger partial charge in [-0.2, -0.15) is 0 Å². The van der Waals surface area contributed by atoms with E-state index in [0.29, 0.717) is 16.7 Å². The molecule has 0 saturated heterocycles. The van der Waals surface area contributed by atoms with E-state index in [1.807, 2.05) is 6.07 Å². The first-order valence-electron chi connectivity index (χ1n) is 6.39. The fourth-order valence-corrected chi connectivity index (χ4v) is 2.62. The quantitative estimate of drug-likeness (QED) is 0.812. The van der Waals surface area contributed by atoms with Crippen molar-refractivity contribution in [3.8, 4) is 0 Å². The second-order valence-electron chi connectivity index (χ2n) is 4.64. The van der Waals surface area contributed by atoms with E-state index in [1.54, 1.807) is 0 Å². The molecule has 0 unspecified atom stereocenters. The minimum atomic E-state index is 0.312. The standard InChI is InChI=1S/C14H15ClN4/c15-13-12(16)14(18-9-17-13)19-8-4-3-6-10-5-1-2-7-11(10)19/h1-2,5,7,9H,3-4,6,8,16H2. The predicted molar refractivity (Wildman–Crippen MR) is 77.8 cm³/mol. The molecule has 1 aliphatic rings. The summed E-state index contributed by atoms with van der Waals surface area (Å²) in [5.41, 5.74) is 8.96. The number of benzene rings is 1. The number of rotatable bonds is 1. The molecule has 0 fully saturated rings. The molecule has 0 amide bonds. The van der Waals surface area contributed by atoms with Crippen LogP contribution in [0.3, 0.4) is 0 Å². The molecule has 0 aliphatic carbocycles. The monoisotopic (exact) mass is 274 g/mol. The lowest BCUT2D eigenvalue weighted by atomic mass is 10.1. The minimum Gasteiger partial charge on any atom is -0.393 e. The minimum absolute atomic E-state index is 0.312. The maximum Gasteiger partial charge on any atom is 0.161 e. The highest BCUT2D eigenvalue weighted by atomic mass is 35.5. The Morgan fingerprint density at radius 3 is 2.89 bits per heavy atom. The number of nitrogens with zero attached hydrogens (tertiary/aromatic N) is 3. The number of para-hydroxylation sites is 1. The topological polar surface area (TPSA) is 55.0 Å². The lowest BCUT2D eigenvalue weighted by Crippen LogP contribution is -2.20. The van der Waals surface area contributed by atoms with Gasteiger partial charge >= 0.3 is 0 Å². The second-order valence-corrected chi connectivity index (χ2v) is 5.00. The number of nitrogen functional groups attached to an aromatic ring is 1. The zero-order valence-corrected chi connectivity index (χ0v) is 11.3. The van der Waals surface area contributed by atoms with Gasteiger partial charge in [-0.1, -0.05) is 29.8 Å². The average Bonchev–Trinajstić information content (AvgIpc) is 2.64. The van der Waals surface area contributed by atoms with E-state index in [2.05, 4.69) is 33.1 Å². The summed E-state index contributed by atoms with van der Waals surface area (Å²) in [4.78, 5) is 10.4. The van der Waals surface area contributed by atoms with Gasteiger partial charge in [-0.25, -0.2) is 9.97 Å². The Bertz CT molecular complexity index is 600. The molecule has 2 aromatic rings. The molecule has 0 atom stereocenters. The number of halogens is 1. The van der Waals surface area contributed by atoms with E-state index < -0.39 is 0 Å². The Balaban J connectivity index is 2.12. The van der Waals surface area contributed by atoms with E-state index >= 15 is 0 Å². The van der Waals surface area contributed by atoms with Crippen LogP contribution < -0.4 is 10.6 Å². The van der Waals surface area contributed by atoms with Gasteiger partial charge in [0, 0.05) is 12.2 Å². The normalized spacial score (nSPS) is 14.9. The number of nitrogens with two attached hydrogens (primary N) is 1. The highest BCUT2D eigenvalue weighted by molar-refractivity contribution is 6.32. The lowest BCUT2D eigenvalue weighted by Gasteiger charge is -2.25. The second kappa shape index (κ2) is 5.05. The van der Waals surface area contributed by atoms with Gasteiger partial charge in [0.05, 0.1) is 0 Å². The number of hydrogen-bond donors (Lipinski definition) is 1. The molecule has 0 saturated carbocycles. The fraction of sp³-hybridized carbons (Fsp3) is 0.286. The van der Waals surface area contributed by atoms with Gasteiger partial charge in [0.25, 0.3) is 0 Å². The van der Waals surface area contributed by atoms with Gasteiger partial charge in [-0.3, -0.25) is 0 Å². The van der Waals surface area contributed by atoms with Gasteiger partial charge < -0.3 is 10.6 Å². The van der Waals surface area contributed by atoms with Crippen LogP contribution in [0.25, 0.3) is 0 Å².